The number of aromatic nitrogens is 2. The fraction of sp³-hybridized carbons (Fsp3) is 0.538. The van der Waals surface area contributed by atoms with E-state index >= 15 is 0 Å². The minimum absolute atomic E-state index is 0.161. The third-order valence-corrected chi connectivity index (χ3v) is 7.05. The summed E-state index contributed by atoms with van der Waals surface area (Å²) in [6, 6.07) is 7.53. The molecule has 0 aliphatic rings. The number of esters is 1. The molecule has 4 nitrogen and oxygen atoms in total. The fourth-order valence-electron chi connectivity index (χ4n) is 3.75. The lowest BCUT2D eigenvalue weighted by Gasteiger charge is -2.09. The second-order valence-corrected chi connectivity index (χ2v) is 10.2. The van der Waals surface area contributed by atoms with Gasteiger partial charge in [0.1, 0.15) is 5.75 Å². The Bertz CT molecular complexity index is 933. The summed E-state index contributed by atoms with van der Waals surface area (Å²) < 4.78 is 7.56. The van der Waals surface area contributed by atoms with Gasteiger partial charge >= 0.3 is 5.97 Å². The van der Waals surface area contributed by atoms with Crippen molar-refractivity contribution in [3.05, 3.63) is 41.5 Å². The van der Waals surface area contributed by atoms with Crippen molar-refractivity contribution in [1.29, 1.82) is 0 Å². The molecule has 174 valence electrons. The molecular formula is C26H35ClN2O2S. The molecule has 2 aromatic heterocycles. The molecule has 0 radical (unpaired) electrons. The van der Waals surface area contributed by atoms with E-state index in [0.29, 0.717) is 5.75 Å². The summed E-state index contributed by atoms with van der Waals surface area (Å²) in [6.45, 7) is 4.37. The molecule has 0 saturated carbocycles. The van der Waals surface area contributed by atoms with Crippen LogP contribution in [0.3, 0.4) is 0 Å². The Kier molecular flexibility index (Phi) is 10.1. The summed E-state index contributed by atoms with van der Waals surface area (Å²) in [4.78, 5) is 19.3. The lowest BCUT2D eigenvalue weighted by atomic mass is 10.1. The third kappa shape index (κ3) is 7.63. The van der Waals surface area contributed by atoms with E-state index in [1.54, 1.807) is 11.3 Å². The lowest BCUT2D eigenvalue weighted by molar-refractivity contribution is -0.134. The topological polar surface area (TPSA) is 43.6 Å². The van der Waals surface area contributed by atoms with Gasteiger partial charge in [-0.05, 0) is 43.5 Å². The summed E-state index contributed by atoms with van der Waals surface area (Å²) in [5.74, 6) is 0.259. The standard InChI is InChI=1S/C26H35ClN2O2S/c1-3-5-7-8-9-10-12-23-18-29-19-24(28-26(29)32-23)20-13-15-22(16-14-20)31-25(30)17-21(27)11-6-4-2/h13-16,18-19,21H,3-12,17H2,1-2H3/t21-/m1/s1. The van der Waals surface area contributed by atoms with Gasteiger partial charge in [0.25, 0.3) is 0 Å². The number of carbonyl (C=O) groups is 1. The maximum absolute atomic E-state index is 12.1. The Morgan fingerprint density at radius 2 is 1.75 bits per heavy atom. The van der Waals surface area contributed by atoms with Gasteiger partial charge < -0.3 is 4.74 Å². The second kappa shape index (κ2) is 13.0. The highest BCUT2D eigenvalue weighted by molar-refractivity contribution is 7.17. The van der Waals surface area contributed by atoms with Crippen LogP contribution in [0, 0.1) is 0 Å². The van der Waals surface area contributed by atoms with Gasteiger partial charge in [-0.15, -0.1) is 22.9 Å². The zero-order valence-electron chi connectivity index (χ0n) is 19.3. The molecule has 0 unspecified atom stereocenters. The number of hydrogen-bond donors (Lipinski definition) is 0. The van der Waals surface area contributed by atoms with Crippen LogP contribution in [0.15, 0.2) is 36.7 Å². The number of ether oxygens (including phenoxy) is 1. The van der Waals surface area contributed by atoms with Crippen LogP contribution in [0.5, 0.6) is 5.75 Å². The van der Waals surface area contributed by atoms with Crippen LogP contribution in [0.1, 0.15) is 82.9 Å². The molecule has 0 bridgehead atoms. The molecular weight excluding hydrogens is 440 g/mol. The van der Waals surface area contributed by atoms with E-state index in [9.17, 15) is 4.79 Å². The monoisotopic (exact) mass is 474 g/mol. The number of halogens is 1. The Balaban J connectivity index is 1.50. The molecule has 3 rings (SSSR count). The van der Waals surface area contributed by atoms with Crippen molar-refractivity contribution in [3.8, 4) is 17.0 Å². The SMILES string of the molecule is CCCCCCCCc1cn2cc(-c3ccc(OC(=O)C[C@H](Cl)CCCC)cc3)nc2s1. The number of fused-ring (bicyclic) bond motifs is 1. The first-order valence-corrected chi connectivity index (χ1v) is 13.3. The van der Waals surface area contributed by atoms with Gasteiger partial charge in [-0.25, -0.2) is 4.98 Å². The van der Waals surface area contributed by atoms with Crippen LogP contribution in [0.25, 0.3) is 16.2 Å². The van der Waals surface area contributed by atoms with E-state index in [2.05, 4.69) is 30.6 Å². The minimum atomic E-state index is -0.283. The predicted molar refractivity (Wildman–Crippen MR) is 135 cm³/mol. The van der Waals surface area contributed by atoms with Crippen LogP contribution >= 0.6 is 22.9 Å². The van der Waals surface area contributed by atoms with Gasteiger partial charge in [0.05, 0.1) is 12.1 Å². The third-order valence-electron chi connectivity index (χ3n) is 5.62. The molecule has 1 aromatic carbocycles. The first-order valence-electron chi connectivity index (χ1n) is 12.0. The number of carbonyl (C=O) groups excluding carboxylic acids is 1. The number of benzene rings is 1. The normalized spacial score (nSPS) is 12.3. The Morgan fingerprint density at radius 1 is 1.03 bits per heavy atom. The first-order chi connectivity index (χ1) is 15.6. The zero-order valence-corrected chi connectivity index (χ0v) is 20.9. The maximum Gasteiger partial charge on any atom is 0.312 e. The van der Waals surface area contributed by atoms with Gasteiger partial charge in [0.15, 0.2) is 4.96 Å². The molecule has 32 heavy (non-hydrogen) atoms. The van der Waals surface area contributed by atoms with Crippen LogP contribution in [0.4, 0.5) is 0 Å². The number of hydrogen-bond acceptors (Lipinski definition) is 4. The number of nitrogens with zero attached hydrogens (tertiary/aromatic N) is 2. The summed E-state index contributed by atoms with van der Waals surface area (Å²) in [5.41, 5.74) is 1.94. The van der Waals surface area contributed by atoms with Gasteiger partial charge in [-0.1, -0.05) is 58.8 Å². The van der Waals surface area contributed by atoms with Crippen molar-refractivity contribution < 1.29 is 9.53 Å². The first kappa shape index (κ1) is 24.8. The molecule has 0 saturated heterocycles. The van der Waals surface area contributed by atoms with Crippen molar-refractivity contribution in [2.75, 3.05) is 0 Å². The molecule has 6 heteroatoms. The minimum Gasteiger partial charge on any atom is -0.426 e. The quantitative estimate of drug-likeness (QED) is 0.103. The largest absolute Gasteiger partial charge is 0.426 e. The van der Waals surface area contributed by atoms with Crippen molar-refractivity contribution in [1.82, 2.24) is 9.38 Å². The van der Waals surface area contributed by atoms with Crippen LogP contribution in [0.2, 0.25) is 0 Å². The van der Waals surface area contributed by atoms with E-state index in [1.807, 2.05) is 24.3 Å². The molecule has 0 spiro atoms. The number of rotatable bonds is 14. The summed E-state index contributed by atoms with van der Waals surface area (Å²) in [6.07, 6.45) is 16.5. The van der Waals surface area contributed by atoms with E-state index in [-0.39, 0.29) is 17.8 Å². The Hall–Kier alpha value is -1.85. The summed E-state index contributed by atoms with van der Waals surface area (Å²) in [5, 5.41) is -0.161. The van der Waals surface area contributed by atoms with Crippen molar-refractivity contribution in [2.24, 2.45) is 0 Å². The molecule has 2 heterocycles. The van der Waals surface area contributed by atoms with E-state index in [4.69, 9.17) is 21.3 Å². The van der Waals surface area contributed by atoms with Gasteiger partial charge in [0.2, 0.25) is 0 Å². The second-order valence-electron chi connectivity index (χ2n) is 8.47. The average molecular weight is 475 g/mol. The smallest absolute Gasteiger partial charge is 0.312 e. The highest BCUT2D eigenvalue weighted by Gasteiger charge is 2.13. The molecule has 0 fully saturated rings. The number of thiazole rings is 1. The van der Waals surface area contributed by atoms with Crippen LogP contribution in [-0.4, -0.2) is 20.7 Å². The molecule has 3 aromatic rings. The van der Waals surface area contributed by atoms with Gasteiger partial charge in [-0.3, -0.25) is 9.20 Å². The number of imidazole rings is 1. The number of unbranched alkanes of at least 4 members (excludes halogenated alkanes) is 6. The van der Waals surface area contributed by atoms with E-state index in [1.165, 1.54) is 43.4 Å². The molecule has 0 aliphatic carbocycles. The summed E-state index contributed by atoms with van der Waals surface area (Å²) in [7, 11) is 0. The molecule has 1 atom stereocenters. The van der Waals surface area contributed by atoms with Crippen LogP contribution < -0.4 is 4.74 Å². The number of aryl methyl sites for hydroxylation is 1. The van der Waals surface area contributed by atoms with Crippen molar-refractivity contribution >= 4 is 33.9 Å². The van der Waals surface area contributed by atoms with Crippen LogP contribution in [-0.2, 0) is 11.2 Å². The Morgan fingerprint density at radius 3 is 2.47 bits per heavy atom. The summed E-state index contributed by atoms with van der Waals surface area (Å²) >= 11 is 7.98. The lowest BCUT2D eigenvalue weighted by Crippen LogP contribution is -2.14. The van der Waals surface area contributed by atoms with E-state index in [0.717, 1.165) is 41.9 Å². The molecule has 0 aliphatic heterocycles. The predicted octanol–water partition coefficient (Wildman–Crippen LogP) is 8.06. The van der Waals surface area contributed by atoms with Crippen molar-refractivity contribution in [2.45, 2.75) is 89.9 Å². The fourth-order valence-corrected chi connectivity index (χ4v) is 5.04. The molecule has 0 amide bonds. The highest BCUT2D eigenvalue weighted by atomic mass is 35.5. The molecule has 0 N–H and O–H groups in total. The highest BCUT2D eigenvalue weighted by Crippen LogP contribution is 2.27. The Labute approximate surface area is 201 Å². The average Bonchev–Trinajstić information content (AvgIpc) is 3.34. The maximum atomic E-state index is 12.1. The van der Waals surface area contributed by atoms with Gasteiger partial charge in [-0.2, -0.15) is 0 Å². The van der Waals surface area contributed by atoms with E-state index < -0.39 is 0 Å². The van der Waals surface area contributed by atoms with Gasteiger partial charge in [0, 0.05) is 28.2 Å². The van der Waals surface area contributed by atoms with Crippen molar-refractivity contribution in [3.63, 3.8) is 0 Å². The number of alkyl halides is 1. The zero-order chi connectivity index (χ0) is 22.8.